The van der Waals surface area contributed by atoms with Crippen LogP contribution in [0.5, 0.6) is 0 Å². The van der Waals surface area contributed by atoms with E-state index >= 15 is 0 Å². The van der Waals surface area contributed by atoms with E-state index in [2.05, 4.69) is 9.47 Å². The van der Waals surface area contributed by atoms with Crippen molar-refractivity contribution < 1.29 is 39.2 Å². The summed E-state index contributed by atoms with van der Waals surface area (Å²) in [6.45, 7) is 3.83. The zero-order valence-electron chi connectivity index (χ0n) is 8.99. The Morgan fingerprint density at radius 3 is 1.15 bits per heavy atom. The molecule has 0 saturated heterocycles. The number of hydrogen-bond acceptors (Lipinski definition) is 4. The van der Waals surface area contributed by atoms with Gasteiger partial charge in [0, 0.05) is 33.7 Å². The second kappa shape index (κ2) is 15.0. The van der Waals surface area contributed by atoms with Gasteiger partial charge in [0.1, 0.15) is 0 Å². The molecule has 0 aliphatic rings. The van der Waals surface area contributed by atoms with Crippen LogP contribution in [-0.4, -0.2) is 49.9 Å². The molecule has 13 heavy (non-hydrogen) atoms. The number of aliphatic hydroxyl groups excluding tert-OH is 2. The third-order valence-electron chi connectivity index (χ3n) is 1.32. The molecule has 0 aliphatic carbocycles. The van der Waals surface area contributed by atoms with Crippen molar-refractivity contribution in [3.63, 3.8) is 0 Å². The average molecular weight is 246 g/mol. The topological polar surface area (TPSA) is 58.9 Å². The molecule has 0 spiro atoms. The summed E-state index contributed by atoms with van der Waals surface area (Å²) in [5.74, 6) is 0. The third-order valence-corrected chi connectivity index (χ3v) is 1.32. The van der Waals surface area contributed by atoms with E-state index in [1.54, 1.807) is 28.1 Å². The van der Waals surface area contributed by atoms with Gasteiger partial charge in [-0.2, -0.15) is 0 Å². The molecule has 0 bridgehead atoms. The van der Waals surface area contributed by atoms with Crippen LogP contribution in [0.4, 0.5) is 0 Å². The van der Waals surface area contributed by atoms with Gasteiger partial charge >= 0.3 is 0 Å². The van der Waals surface area contributed by atoms with Crippen molar-refractivity contribution in [3.8, 4) is 0 Å². The molecule has 0 radical (unpaired) electrons. The summed E-state index contributed by atoms with van der Waals surface area (Å²) in [5, 5.41) is 16.4. The van der Waals surface area contributed by atoms with E-state index in [4.69, 9.17) is 10.2 Å². The number of methoxy groups -OCH3 is 2. The van der Waals surface area contributed by atoms with Crippen molar-refractivity contribution >= 4 is 0 Å². The molecule has 4 nitrogen and oxygen atoms in total. The fourth-order valence-electron chi connectivity index (χ4n) is 0.149. The molecule has 2 unspecified atom stereocenters. The molecule has 0 saturated carbocycles. The van der Waals surface area contributed by atoms with E-state index in [0.29, 0.717) is 0 Å². The fraction of sp³-hybridized carbons (Fsp3) is 1.00. The van der Waals surface area contributed by atoms with E-state index in [0.717, 1.165) is 0 Å². The van der Waals surface area contributed by atoms with Gasteiger partial charge in [-0.25, -0.2) is 0 Å². The number of ether oxygens (including phenoxy) is 2. The van der Waals surface area contributed by atoms with Gasteiger partial charge in [-0.15, -0.1) is 0 Å². The average Bonchev–Trinajstić information content (AvgIpc) is 2.16. The maximum Gasteiger partial charge on any atom is 0.0773 e. The van der Waals surface area contributed by atoms with E-state index in [9.17, 15) is 0 Å². The maximum atomic E-state index is 8.21. The minimum Gasteiger partial charge on any atom is -0.394 e. The van der Waals surface area contributed by atoms with Gasteiger partial charge < -0.3 is 19.7 Å². The molecule has 0 heterocycles. The Morgan fingerprint density at radius 1 is 0.923 bits per heavy atom. The van der Waals surface area contributed by atoms with Gasteiger partial charge in [0.05, 0.1) is 25.4 Å². The van der Waals surface area contributed by atoms with Crippen LogP contribution < -0.4 is 0 Å². The van der Waals surface area contributed by atoms with Crippen molar-refractivity contribution in [2.45, 2.75) is 26.1 Å². The van der Waals surface area contributed by atoms with Crippen LogP contribution in [0.15, 0.2) is 0 Å². The van der Waals surface area contributed by atoms with E-state index < -0.39 is 0 Å². The van der Waals surface area contributed by atoms with Crippen LogP contribution in [0, 0.1) is 0 Å². The summed E-state index contributed by atoms with van der Waals surface area (Å²) in [7, 11) is 3.14. The zero-order chi connectivity index (χ0) is 9.98. The molecule has 2 atom stereocenters. The standard InChI is InChI=1S/2C4H10O2.Zn/c2*1-4(3-5)6-2;/h2*4-5H,3H2,1-2H3;. The minimum absolute atomic E-state index is 0. The summed E-state index contributed by atoms with van der Waals surface area (Å²) in [4.78, 5) is 0. The van der Waals surface area contributed by atoms with Gasteiger partial charge in [0.2, 0.25) is 0 Å². The predicted molar refractivity (Wildman–Crippen MR) is 47.1 cm³/mol. The Morgan fingerprint density at radius 2 is 1.15 bits per heavy atom. The zero-order valence-corrected chi connectivity index (χ0v) is 12.0. The van der Waals surface area contributed by atoms with Gasteiger partial charge in [0.25, 0.3) is 0 Å². The molecule has 2 N–H and O–H groups in total. The Kier molecular flexibility index (Phi) is 22.0. The van der Waals surface area contributed by atoms with Crippen LogP contribution in [0.1, 0.15) is 13.8 Å². The van der Waals surface area contributed by atoms with Crippen LogP contribution in [0.2, 0.25) is 0 Å². The predicted octanol–water partition coefficient (Wildman–Crippen LogP) is 0.0247. The quantitative estimate of drug-likeness (QED) is 0.686. The van der Waals surface area contributed by atoms with Crippen molar-refractivity contribution in [1.29, 1.82) is 0 Å². The molecule has 0 aromatic carbocycles. The van der Waals surface area contributed by atoms with Gasteiger partial charge in [0.15, 0.2) is 0 Å². The van der Waals surface area contributed by atoms with Gasteiger partial charge in [-0.3, -0.25) is 0 Å². The summed E-state index contributed by atoms with van der Waals surface area (Å²) in [5.41, 5.74) is 0. The molecule has 0 amide bonds. The second-order valence-corrected chi connectivity index (χ2v) is 2.46. The van der Waals surface area contributed by atoms with Gasteiger partial charge in [-0.1, -0.05) is 0 Å². The van der Waals surface area contributed by atoms with Crippen molar-refractivity contribution in [1.82, 2.24) is 0 Å². The summed E-state index contributed by atoms with van der Waals surface area (Å²) in [6, 6.07) is 0. The summed E-state index contributed by atoms with van der Waals surface area (Å²) in [6.07, 6.45) is -0.0185. The first-order valence-electron chi connectivity index (χ1n) is 3.89. The van der Waals surface area contributed by atoms with Crippen molar-refractivity contribution in [3.05, 3.63) is 0 Å². The van der Waals surface area contributed by atoms with E-state index in [1.165, 1.54) is 0 Å². The Bertz CT molecular complexity index is 64.5. The first-order chi connectivity index (χ1) is 5.62. The molecule has 78 valence electrons. The molecule has 5 heteroatoms. The Hall–Kier alpha value is 0.463. The number of hydrogen-bond donors (Lipinski definition) is 2. The molecule has 0 rings (SSSR count). The smallest absolute Gasteiger partial charge is 0.0773 e. The Labute approximate surface area is 93.0 Å². The van der Waals surface area contributed by atoms with Crippen LogP contribution in [-0.2, 0) is 29.0 Å². The normalized spacial score (nSPS) is 13.4. The van der Waals surface area contributed by atoms with Crippen LogP contribution in [0.25, 0.3) is 0 Å². The molecule has 0 aromatic rings. The molecule has 0 aromatic heterocycles. The summed E-state index contributed by atoms with van der Waals surface area (Å²) < 4.78 is 9.30. The minimum atomic E-state index is -0.00926. The fourth-order valence-corrected chi connectivity index (χ4v) is 0.149. The number of rotatable bonds is 4. The Balaban J connectivity index is -0.000000143. The van der Waals surface area contributed by atoms with E-state index in [-0.39, 0.29) is 44.9 Å². The monoisotopic (exact) mass is 244 g/mol. The van der Waals surface area contributed by atoms with Crippen molar-refractivity contribution in [2.75, 3.05) is 27.4 Å². The number of aliphatic hydroxyl groups is 2. The second-order valence-electron chi connectivity index (χ2n) is 2.46. The molecular formula is C8H20O4Zn. The summed E-state index contributed by atoms with van der Waals surface area (Å²) >= 11 is 0. The molecule has 0 aliphatic heterocycles. The van der Waals surface area contributed by atoms with E-state index in [1.807, 2.05) is 0 Å². The van der Waals surface area contributed by atoms with Crippen molar-refractivity contribution in [2.24, 2.45) is 0 Å². The van der Waals surface area contributed by atoms with Crippen LogP contribution in [0.3, 0.4) is 0 Å². The first kappa shape index (κ1) is 19.1. The molecule has 0 fully saturated rings. The third kappa shape index (κ3) is 19.0. The maximum absolute atomic E-state index is 8.21. The first-order valence-corrected chi connectivity index (χ1v) is 3.89. The van der Waals surface area contributed by atoms with Crippen LogP contribution >= 0.6 is 0 Å². The molecular weight excluding hydrogens is 225 g/mol. The largest absolute Gasteiger partial charge is 0.394 e. The van der Waals surface area contributed by atoms with Gasteiger partial charge in [-0.05, 0) is 13.8 Å². The SMILES string of the molecule is COC(C)CO.COC(C)CO.[Zn].